The Balaban J connectivity index is 1.13. The number of anilines is 3. The summed E-state index contributed by atoms with van der Waals surface area (Å²) in [4.78, 5) is 18.9. The second-order valence-electron chi connectivity index (χ2n) is 11.7. The molecule has 1 saturated heterocycles. The molecule has 218 valence electrons. The number of hydrogen-bond donors (Lipinski definition) is 2. The molecular weight excluding hydrogens is 569 g/mol. The Morgan fingerprint density at radius 2 is 1.62 bits per heavy atom. The summed E-state index contributed by atoms with van der Waals surface area (Å²) in [5, 5.41) is 5.44. The lowest BCUT2D eigenvalue weighted by Gasteiger charge is -2.41. The fourth-order valence-corrected chi connectivity index (χ4v) is 7.21. The second-order valence-corrected chi connectivity index (χ2v) is 12.5. The van der Waals surface area contributed by atoms with Gasteiger partial charge < -0.3 is 25.1 Å². The maximum atomic E-state index is 6.46. The van der Waals surface area contributed by atoms with Gasteiger partial charge in [-0.2, -0.15) is 0 Å². The quantitative estimate of drug-likeness (QED) is 0.242. The molecule has 1 saturated carbocycles. The fourth-order valence-electron chi connectivity index (χ4n) is 6.68. The van der Waals surface area contributed by atoms with Gasteiger partial charge in [0.25, 0.3) is 0 Å². The van der Waals surface area contributed by atoms with Crippen LogP contribution in [0.25, 0.3) is 33.2 Å². The summed E-state index contributed by atoms with van der Waals surface area (Å²) in [7, 11) is 4.16. The van der Waals surface area contributed by atoms with Crippen LogP contribution >= 0.6 is 23.2 Å². The molecule has 3 N–H and O–H groups in total. The van der Waals surface area contributed by atoms with E-state index in [-0.39, 0.29) is 0 Å². The Morgan fingerprint density at radius 1 is 0.905 bits per heavy atom. The first-order valence-corrected chi connectivity index (χ1v) is 15.3. The molecule has 0 unspecified atom stereocenters. The smallest absolute Gasteiger partial charge is 0.208 e. The predicted octanol–water partition coefficient (Wildman–Crippen LogP) is 6.35. The van der Waals surface area contributed by atoms with Crippen molar-refractivity contribution in [2.45, 2.75) is 37.8 Å². The minimum Gasteiger partial charge on any atom is -0.383 e. The molecule has 1 aliphatic heterocycles. The van der Waals surface area contributed by atoms with Crippen molar-refractivity contribution in [3.05, 3.63) is 59.0 Å². The van der Waals surface area contributed by atoms with Crippen molar-refractivity contribution in [2.24, 2.45) is 7.05 Å². The van der Waals surface area contributed by atoms with Gasteiger partial charge in [-0.1, -0.05) is 35.3 Å². The van der Waals surface area contributed by atoms with Gasteiger partial charge in [0.2, 0.25) is 5.95 Å². The molecule has 2 aliphatic rings. The third-order valence-corrected chi connectivity index (χ3v) is 9.62. The SMILES string of the molecule is CN1CCN(C2CCC(n3cc(-c4ccc(Nc5nc6c(Cl)cc(Cl)cc6n5C)cc4)c4c(N)ncnc43)CC2)CC1. The highest BCUT2D eigenvalue weighted by Gasteiger charge is 2.30. The van der Waals surface area contributed by atoms with Crippen LogP contribution in [-0.4, -0.2) is 73.2 Å². The Hall–Kier alpha value is -3.37. The molecule has 0 atom stereocenters. The number of nitrogens with one attached hydrogen (secondary N) is 1. The lowest BCUT2D eigenvalue weighted by molar-refractivity contribution is 0.0828. The molecule has 3 aromatic heterocycles. The first-order chi connectivity index (χ1) is 20.4. The Kier molecular flexibility index (Phi) is 7.22. The first kappa shape index (κ1) is 27.5. The topological polar surface area (TPSA) is 93.1 Å². The highest BCUT2D eigenvalue weighted by molar-refractivity contribution is 6.38. The molecule has 5 aromatic rings. The van der Waals surface area contributed by atoms with E-state index in [9.17, 15) is 0 Å². The number of nitrogens with two attached hydrogens (primary N) is 1. The number of likely N-dealkylation sites (N-methyl/N-ethyl adjacent to an activating group) is 1. The average Bonchev–Trinajstić information content (AvgIpc) is 3.53. The highest BCUT2D eigenvalue weighted by Crippen LogP contribution is 2.39. The van der Waals surface area contributed by atoms with E-state index < -0.39 is 0 Å². The van der Waals surface area contributed by atoms with Gasteiger partial charge in [0.05, 0.1) is 15.9 Å². The van der Waals surface area contributed by atoms with Gasteiger partial charge in [0.15, 0.2) is 0 Å². The van der Waals surface area contributed by atoms with Gasteiger partial charge in [-0.3, -0.25) is 4.90 Å². The number of rotatable bonds is 5. The van der Waals surface area contributed by atoms with Crippen molar-refractivity contribution in [3.8, 4) is 11.1 Å². The van der Waals surface area contributed by atoms with Crippen LogP contribution in [-0.2, 0) is 7.05 Å². The molecule has 42 heavy (non-hydrogen) atoms. The second kappa shape index (κ2) is 11.0. The molecule has 0 bridgehead atoms. The van der Waals surface area contributed by atoms with Crippen LogP contribution in [0.3, 0.4) is 0 Å². The number of hydrogen-bond acceptors (Lipinski definition) is 7. The Morgan fingerprint density at radius 3 is 2.36 bits per heavy atom. The summed E-state index contributed by atoms with van der Waals surface area (Å²) in [6, 6.07) is 13.0. The maximum Gasteiger partial charge on any atom is 0.208 e. The van der Waals surface area contributed by atoms with Crippen LogP contribution in [0.2, 0.25) is 10.0 Å². The standard InChI is InChI=1S/C31H35Cl2N9/c1-39-11-13-41(14-12-39)22-7-9-23(10-8-22)42-17-24(27-29(34)35-18-36-30(27)42)19-3-5-21(6-4-19)37-31-38-28-25(33)15-20(32)16-26(28)40(31)2/h3-6,15-18,22-23H,7-14H2,1-2H3,(H,37,38)(H2,34,35,36). The average molecular weight is 605 g/mol. The number of benzene rings is 2. The van der Waals surface area contributed by atoms with Gasteiger partial charge in [-0.25, -0.2) is 15.0 Å². The highest BCUT2D eigenvalue weighted by atomic mass is 35.5. The summed E-state index contributed by atoms with van der Waals surface area (Å²) < 4.78 is 4.30. The van der Waals surface area contributed by atoms with Gasteiger partial charge in [0, 0.05) is 67.8 Å². The molecule has 11 heteroatoms. The van der Waals surface area contributed by atoms with E-state index in [2.05, 4.69) is 50.0 Å². The zero-order valence-corrected chi connectivity index (χ0v) is 25.4. The van der Waals surface area contributed by atoms with E-state index in [0.717, 1.165) is 59.3 Å². The van der Waals surface area contributed by atoms with Gasteiger partial charge in [-0.05, 0) is 62.6 Å². The Labute approximate surface area is 255 Å². The van der Waals surface area contributed by atoms with Crippen LogP contribution in [0, 0.1) is 0 Å². The lowest BCUT2D eigenvalue weighted by Crippen LogP contribution is -2.49. The third-order valence-electron chi connectivity index (χ3n) is 9.11. The maximum absolute atomic E-state index is 6.46. The largest absolute Gasteiger partial charge is 0.383 e. The number of nitrogen functional groups attached to an aromatic ring is 1. The van der Waals surface area contributed by atoms with Crippen LogP contribution in [0.5, 0.6) is 0 Å². The van der Waals surface area contributed by atoms with Crippen LogP contribution in [0.1, 0.15) is 31.7 Å². The van der Waals surface area contributed by atoms with Crippen LogP contribution in [0.15, 0.2) is 48.9 Å². The van der Waals surface area contributed by atoms with Crippen LogP contribution < -0.4 is 11.1 Å². The summed E-state index contributed by atoms with van der Waals surface area (Å²) in [6.45, 7) is 4.68. The van der Waals surface area contributed by atoms with Crippen molar-refractivity contribution in [1.29, 1.82) is 0 Å². The zero-order valence-electron chi connectivity index (χ0n) is 23.9. The molecule has 4 heterocycles. The molecule has 2 fully saturated rings. The third kappa shape index (κ3) is 4.98. The van der Waals surface area contributed by atoms with Crippen molar-refractivity contribution < 1.29 is 0 Å². The number of imidazole rings is 1. The van der Waals surface area contributed by atoms with E-state index in [0.29, 0.717) is 39.4 Å². The van der Waals surface area contributed by atoms with Crippen LogP contribution in [0.4, 0.5) is 17.5 Å². The van der Waals surface area contributed by atoms with Gasteiger partial charge in [0.1, 0.15) is 23.3 Å². The monoisotopic (exact) mass is 603 g/mol. The van der Waals surface area contributed by atoms with Crippen molar-refractivity contribution >= 4 is 62.7 Å². The number of halogens is 2. The molecule has 0 spiro atoms. The number of aryl methyl sites for hydroxylation is 1. The molecule has 9 nitrogen and oxygen atoms in total. The van der Waals surface area contributed by atoms with Gasteiger partial charge in [-0.15, -0.1) is 0 Å². The molecule has 0 amide bonds. The van der Waals surface area contributed by atoms with Crippen molar-refractivity contribution in [3.63, 3.8) is 0 Å². The fraction of sp³-hybridized carbons (Fsp3) is 0.387. The first-order valence-electron chi connectivity index (χ1n) is 14.6. The number of aromatic nitrogens is 5. The number of nitrogens with zero attached hydrogens (tertiary/aromatic N) is 7. The van der Waals surface area contributed by atoms with E-state index in [1.165, 1.54) is 25.9 Å². The summed E-state index contributed by atoms with van der Waals surface area (Å²) in [5.41, 5.74) is 12.0. The molecule has 2 aromatic carbocycles. The molecule has 0 radical (unpaired) electrons. The van der Waals surface area contributed by atoms with Crippen molar-refractivity contribution in [1.82, 2.24) is 33.9 Å². The molecule has 7 rings (SSSR count). The lowest BCUT2D eigenvalue weighted by atomic mass is 9.89. The summed E-state index contributed by atoms with van der Waals surface area (Å²) in [5.74, 6) is 1.20. The van der Waals surface area contributed by atoms with Crippen molar-refractivity contribution in [2.75, 3.05) is 44.3 Å². The van der Waals surface area contributed by atoms with E-state index in [1.807, 2.05) is 29.8 Å². The molecular formula is C31H35Cl2N9. The van der Waals surface area contributed by atoms with Gasteiger partial charge >= 0.3 is 0 Å². The number of fused-ring (bicyclic) bond motifs is 2. The van der Waals surface area contributed by atoms with E-state index >= 15 is 0 Å². The Bertz CT molecular complexity index is 1740. The predicted molar refractivity (Wildman–Crippen MR) is 172 cm³/mol. The summed E-state index contributed by atoms with van der Waals surface area (Å²) in [6.07, 6.45) is 8.52. The zero-order chi connectivity index (χ0) is 29.0. The summed E-state index contributed by atoms with van der Waals surface area (Å²) >= 11 is 12.6. The van der Waals surface area contributed by atoms with E-state index in [4.69, 9.17) is 38.9 Å². The minimum atomic E-state index is 0.401. The number of piperazine rings is 1. The normalized spacial score (nSPS) is 20.5. The molecule has 1 aliphatic carbocycles. The minimum absolute atomic E-state index is 0.401. The van der Waals surface area contributed by atoms with E-state index in [1.54, 1.807) is 12.4 Å².